The van der Waals surface area contributed by atoms with Gasteiger partial charge in [-0.25, -0.2) is 9.69 Å². The first kappa shape index (κ1) is 20.4. The number of amides is 4. The van der Waals surface area contributed by atoms with Crippen LogP contribution in [0.1, 0.15) is 18.9 Å². The van der Waals surface area contributed by atoms with E-state index in [9.17, 15) is 34.8 Å². The van der Waals surface area contributed by atoms with Crippen molar-refractivity contribution in [2.75, 3.05) is 6.61 Å². The Labute approximate surface area is 160 Å². The Balaban J connectivity index is 2.05. The molecule has 10 heteroatoms. The van der Waals surface area contributed by atoms with E-state index in [1.54, 1.807) is 37.3 Å². The lowest BCUT2D eigenvalue weighted by atomic mass is 9.74. The summed E-state index contributed by atoms with van der Waals surface area (Å²) in [6, 6.07) is 7.01. The zero-order valence-corrected chi connectivity index (χ0v) is 15.1. The molecule has 10 nitrogen and oxygen atoms in total. The van der Waals surface area contributed by atoms with Crippen LogP contribution >= 0.6 is 0 Å². The summed E-state index contributed by atoms with van der Waals surface area (Å²) < 4.78 is 5.34. The van der Waals surface area contributed by atoms with E-state index in [0.717, 1.165) is 0 Å². The van der Waals surface area contributed by atoms with Crippen LogP contribution in [0.25, 0.3) is 0 Å². The van der Waals surface area contributed by atoms with Crippen LogP contribution in [0.3, 0.4) is 0 Å². The maximum Gasteiger partial charge on any atom is 0.333 e. The molecule has 3 rings (SSSR count). The number of aliphatic hydroxyl groups excluding tert-OH is 4. The predicted molar refractivity (Wildman–Crippen MR) is 92.6 cm³/mol. The first-order valence-corrected chi connectivity index (χ1v) is 8.84. The Morgan fingerprint density at radius 1 is 1.07 bits per heavy atom. The normalized spacial score (nSPS) is 36.4. The average Bonchev–Trinajstić information content (AvgIpc) is 2.69. The average molecular weight is 394 g/mol. The summed E-state index contributed by atoms with van der Waals surface area (Å²) in [7, 11) is 0. The molecule has 1 unspecified atom stereocenters. The second-order valence-corrected chi connectivity index (χ2v) is 6.78. The number of hydrogen-bond acceptors (Lipinski definition) is 8. The number of carbonyl (C=O) groups excluding carboxylic acids is 3. The first-order chi connectivity index (χ1) is 13.3. The van der Waals surface area contributed by atoms with Gasteiger partial charge in [0.25, 0.3) is 5.91 Å². The van der Waals surface area contributed by atoms with Gasteiger partial charge in [-0.15, -0.1) is 0 Å². The van der Waals surface area contributed by atoms with Gasteiger partial charge in [0.05, 0.1) is 6.61 Å². The van der Waals surface area contributed by atoms with Gasteiger partial charge in [0.1, 0.15) is 24.4 Å². The molecule has 5 N–H and O–H groups in total. The van der Waals surface area contributed by atoms with Crippen LogP contribution in [-0.4, -0.2) is 80.4 Å². The first-order valence-electron chi connectivity index (χ1n) is 8.84. The molecular weight excluding hydrogens is 372 g/mol. The number of aliphatic hydroxyl groups is 4. The minimum Gasteiger partial charge on any atom is -0.394 e. The number of ether oxygens (including phenoxy) is 1. The van der Waals surface area contributed by atoms with E-state index in [4.69, 9.17) is 4.74 Å². The van der Waals surface area contributed by atoms with E-state index in [2.05, 4.69) is 5.32 Å². The molecule has 1 aromatic rings. The summed E-state index contributed by atoms with van der Waals surface area (Å²) in [5.74, 6) is -1.74. The van der Waals surface area contributed by atoms with Crippen LogP contribution in [0.15, 0.2) is 30.3 Å². The number of nitrogens with one attached hydrogen (secondary N) is 1. The van der Waals surface area contributed by atoms with E-state index in [1.807, 2.05) is 0 Å². The molecule has 0 spiro atoms. The highest BCUT2D eigenvalue weighted by molar-refractivity contribution is 6.23. The molecule has 0 radical (unpaired) electrons. The molecule has 2 heterocycles. The fourth-order valence-corrected chi connectivity index (χ4v) is 3.68. The zero-order valence-electron chi connectivity index (χ0n) is 15.1. The second-order valence-electron chi connectivity index (χ2n) is 6.78. The van der Waals surface area contributed by atoms with Crippen LogP contribution in [-0.2, 0) is 19.7 Å². The Bertz CT molecular complexity index is 770. The number of barbiturate groups is 1. The number of rotatable bonds is 4. The fourth-order valence-electron chi connectivity index (χ4n) is 3.68. The van der Waals surface area contributed by atoms with Gasteiger partial charge >= 0.3 is 6.03 Å². The lowest BCUT2D eigenvalue weighted by molar-refractivity contribution is -0.256. The molecule has 0 aromatic heterocycles. The summed E-state index contributed by atoms with van der Waals surface area (Å²) in [5.41, 5.74) is -1.39. The maximum atomic E-state index is 13.4. The van der Waals surface area contributed by atoms with Crippen LogP contribution in [0.5, 0.6) is 0 Å². The molecule has 0 bridgehead atoms. The molecule has 2 saturated heterocycles. The van der Waals surface area contributed by atoms with Crippen molar-refractivity contribution in [1.29, 1.82) is 0 Å². The highest BCUT2D eigenvalue weighted by Crippen LogP contribution is 2.36. The second kappa shape index (κ2) is 7.57. The van der Waals surface area contributed by atoms with Crippen molar-refractivity contribution >= 4 is 17.8 Å². The van der Waals surface area contributed by atoms with Crippen LogP contribution in [0.2, 0.25) is 0 Å². The van der Waals surface area contributed by atoms with Gasteiger partial charge < -0.3 is 25.2 Å². The van der Waals surface area contributed by atoms with E-state index in [0.29, 0.717) is 10.5 Å². The molecule has 2 aliphatic rings. The van der Waals surface area contributed by atoms with Gasteiger partial charge in [0.2, 0.25) is 5.91 Å². The number of nitrogens with zero attached hydrogens (tertiary/aromatic N) is 1. The number of urea groups is 1. The van der Waals surface area contributed by atoms with Gasteiger partial charge in [-0.05, 0) is 12.0 Å². The maximum absolute atomic E-state index is 13.4. The third kappa shape index (κ3) is 2.90. The molecular formula is C18H22N2O8. The SMILES string of the molecule is CCC1(c2ccccc2)C(=O)NC(=O)N([C@@H]2O[C@H](CO)[C@@H](O)[C@H](O)[C@H]2O)C1=O. The molecule has 2 fully saturated rings. The van der Waals surface area contributed by atoms with Crippen LogP contribution in [0, 0.1) is 0 Å². The number of imide groups is 2. The quantitative estimate of drug-likeness (QED) is 0.375. The van der Waals surface area contributed by atoms with Crippen LogP contribution < -0.4 is 5.32 Å². The van der Waals surface area contributed by atoms with Crippen molar-refractivity contribution in [2.24, 2.45) is 0 Å². The molecule has 152 valence electrons. The van der Waals surface area contributed by atoms with E-state index >= 15 is 0 Å². The van der Waals surface area contributed by atoms with Crippen molar-refractivity contribution in [1.82, 2.24) is 10.2 Å². The van der Waals surface area contributed by atoms with Gasteiger partial charge in [-0.2, -0.15) is 0 Å². The summed E-state index contributed by atoms with van der Waals surface area (Å²) in [5, 5.41) is 41.7. The Kier molecular flexibility index (Phi) is 5.50. The van der Waals surface area contributed by atoms with Crippen molar-refractivity contribution in [2.45, 2.75) is 49.4 Å². The smallest absolute Gasteiger partial charge is 0.333 e. The highest BCUT2D eigenvalue weighted by atomic mass is 16.6. The van der Waals surface area contributed by atoms with Gasteiger partial charge in [0, 0.05) is 0 Å². The van der Waals surface area contributed by atoms with Crippen molar-refractivity contribution in [3.8, 4) is 0 Å². The Morgan fingerprint density at radius 2 is 1.71 bits per heavy atom. The topological polar surface area (TPSA) is 157 Å². The lowest BCUT2D eigenvalue weighted by Gasteiger charge is -2.47. The molecule has 6 atom stereocenters. The summed E-state index contributed by atoms with van der Waals surface area (Å²) in [4.78, 5) is 39.1. The number of hydrogen-bond donors (Lipinski definition) is 5. The highest BCUT2D eigenvalue weighted by Gasteiger charge is 2.58. The monoisotopic (exact) mass is 394 g/mol. The van der Waals surface area contributed by atoms with E-state index in [-0.39, 0.29) is 6.42 Å². The Morgan fingerprint density at radius 3 is 2.29 bits per heavy atom. The van der Waals surface area contributed by atoms with E-state index < -0.39 is 60.5 Å². The van der Waals surface area contributed by atoms with Crippen molar-refractivity contribution < 1.29 is 39.5 Å². The lowest BCUT2D eigenvalue weighted by Crippen LogP contribution is -2.73. The third-order valence-corrected chi connectivity index (χ3v) is 5.33. The minimum absolute atomic E-state index is 0.0167. The number of benzene rings is 1. The number of carbonyl (C=O) groups is 3. The minimum atomic E-state index is -1.84. The zero-order chi connectivity index (χ0) is 20.6. The molecule has 2 aliphatic heterocycles. The van der Waals surface area contributed by atoms with Gasteiger partial charge in [-0.1, -0.05) is 37.3 Å². The van der Waals surface area contributed by atoms with Crippen molar-refractivity contribution in [3.63, 3.8) is 0 Å². The standard InChI is InChI=1S/C18H22N2O8/c1-2-18(9-6-4-3-5-7-9)15(25)19-17(27)20(16(18)26)14-13(24)12(23)11(22)10(8-21)28-14/h3-7,10-14,21-24H,2,8H2,1H3,(H,19,25,27)/t10-,11-,12+,13-,14-,18?/m1/s1. The molecule has 0 saturated carbocycles. The summed E-state index contributed by atoms with van der Waals surface area (Å²) in [6.07, 6.45) is -8.26. The van der Waals surface area contributed by atoms with Crippen LogP contribution in [0.4, 0.5) is 4.79 Å². The largest absolute Gasteiger partial charge is 0.394 e. The fraction of sp³-hybridized carbons (Fsp3) is 0.500. The van der Waals surface area contributed by atoms with Gasteiger partial charge in [0.15, 0.2) is 11.6 Å². The van der Waals surface area contributed by atoms with Crippen molar-refractivity contribution in [3.05, 3.63) is 35.9 Å². The predicted octanol–water partition coefficient (Wildman–Crippen LogP) is -1.79. The third-order valence-electron chi connectivity index (χ3n) is 5.33. The molecule has 4 amide bonds. The summed E-state index contributed by atoms with van der Waals surface area (Å²) >= 11 is 0. The Hall–Kier alpha value is -2.37. The van der Waals surface area contributed by atoms with Gasteiger partial charge in [-0.3, -0.25) is 14.9 Å². The molecule has 28 heavy (non-hydrogen) atoms. The summed E-state index contributed by atoms with van der Waals surface area (Å²) in [6.45, 7) is 0.882. The molecule has 0 aliphatic carbocycles. The van der Waals surface area contributed by atoms with E-state index in [1.165, 1.54) is 0 Å². The molecule has 1 aromatic carbocycles.